The van der Waals surface area contributed by atoms with E-state index in [1.807, 2.05) is 12.1 Å². The van der Waals surface area contributed by atoms with E-state index in [0.717, 1.165) is 55.0 Å². The number of fused-ring (bicyclic) bond motifs is 1. The smallest absolute Gasteiger partial charge is 0.170 e. The average Bonchev–Trinajstić information content (AvgIpc) is 3.09. The van der Waals surface area contributed by atoms with Crippen LogP contribution in [0.3, 0.4) is 0 Å². The Labute approximate surface area is 168 Å². The van der Waals surface area contributed by atoms with Crippen molar-refractivity contribution in [1.82, 2.24) is 4.98 Å². The van der Waals surface area contributed by atoms with Crippen LogP contribution in [0.1, 0.15) is 43.7 Å². The maximum absolute atomic E-state index is 5.75. The zero-order valence-corrected chi connectivity index (χ0v) is 17.3. The van der Waals surface area contributed by atoms with Gasteiger partial charge in [-0.1, -0.05) is 25.5 Å². The van der Waals surface area contributed by atoms with Gasteiger partial charge in [0.15, 0.2) is 11.5 Å². The first kappa shape index (κ1) is 20.3. The third-order valence-corrected chi connectivity index (χ3v) is 5.34. The zero-order chi connectivity index (χ0) is 19.9. The Morgan fingerprint density at radius 1 is 0.964 bits per heavy atom. The van der Waals surface area contributed by atoms with Gasteiger partial charge in [0, 0.05) is 16.5 Å². The van der Waals surface area contributed by atoms with Crippen LogP contribution >= 0.6 is 0 Å². The van der Waals surface area contributed by atoms with Gasteiger partial charge < -0.3 is 20.2 Å². The Bertz CT molecular complexity index is 914. The minimum Gasteiger partial charge on any atom is -0.493 e. The van der Waals surface area contributed by atoms with E-state index in [-0.39, 0.29) is 0 Å². The highest BCUT2D eigenvalue weighted by Crippen LogP contribution is 2.41. The summed E-state index contributed by atoms with van der Waals surface area (Å²) in [5, 5.41) is 1.31. The number of para-hydroxylation sites is 1. The molecule has 150 valence electrons. The molecule has 0 atom stereocenters. The second kappa shape index (κ2) is 9.65. The minimum absolute atomic E-state index is 0.724. The molecule has 0 aliphatic rings. The Kier molecular flexibility index (Phi) is 6.99. The number of ether oxygens (including phenoxy) is 2. The summed E-state index contributed by atoms with van der Waals surface area (Å²) in [6, 6.07) is 12.8. The highest BCUT2D eigenvalue weighted by molar-refractivity contribution is 5.92. The molecule has 3 rings (SSSR count). The molecule has 0 spiro atoms. The fraction of sp³-hybridized carbons (Fsp3) is 0.417. The summed E-state index contributed by atoms with van der Waals surface area (Å²) < 4.78 is 11.2. The van der Waals surface area contributed by atoms with Crippen LogP contribution in [0, 0.1) is 0 Å². The summed E-state index contributed by atoms with van der Waals surface area (Å²) in [4.78, 5) is 3.65. The van der Waals surface area contributed by atoms with Gasteiger partial charge in [-0.15, -0.1) is 0 Å². The van der Waals surface area contributed by atoms with Gasteiger partial charge >= 0.3 is 0 Å². The van der Waals surface area contributed by atoms with Gasteiger partial charge in [-0.3, -0.25) is 0 Å². The van der Waals surface area contributed by atoms with Gasteiger partial charge in [-0.2, -0.15) is 0 Å². The normalized spacial score (nSPS) is 11.1. The predicted molar refractivity (Wildman–Crippen MR) is 117 cm³/mol. The predicted octanol–water partition coefficient (Wildman–Crippen LogP) is 5.48. The average molecular weight is 381 g/mol. The molecule has 0 unspecified atom stereocenters. The van der Waals surface area contributed by atoms with Crippen molar-refractivity contribution < 1.29 is 9.47 Å². The lowest BCUT2D eigenvalue weighted by atomic mass is 9.97. The molecule has 4 heteroatoms. The molecular weight excluding hydrogens is 348 g/mol. The standard InChI is InChI=1S/C24H32N2O2/c1-4-5-9-17-13-14-21-20(16-17)18(10-6-7-15-25)23(26-21)19-11-8-12-22(27-2)24(19)28-3/h8,11-14,16,26H,4-7,9-10,15,25H2,1-3H3. The highest BCUT2D eigenvalue weighted by atomic mass is 16.5. The molecule has 0 saturated heterocycles. The molecule has 0 fully saturated rings. The first-order valence-electron chi connectivity index (χ1n) is 10.3. The minimum atomic E-state index is 0.724. The van der Waals surface area contributed by atoms with Gasteiger partial charge in [-0.05, 0) is 74.0 Å². The monoisotopic (exact) mass is 380 g/mol. The zero-order valence-electron chi connectivity index (χ0n) is 17.3. The number of rotatable bonds is 10. The number of unbranched alkanes of at least 4 members (excludes halogenated alkanes) is 2. The fourth-order valence-electron chi connectivity index (χ4n) is 3.85. The molecule has 1 heterocycles. The van der Waals surface area contributed by atoms with Crippen LogP contribution < -0.4 is 15.2 Å². The van der Waals surface area contributed by atoms with Crippen molar-refractivity contribution in [1.29, 1.82) is 0 Å². The molecule has 2 aromatic carbocycles. The van der Waals surface area contributed by atoms with Crippen LogP contribution in [0.5, 0.6) is 11.5 Å². The molecule has 1 aromatic heterocycles. The first-order chi connectivity index (χ1) is 13.7. The van der Waals surface area contributed by atoms with E-state index >= 15 is 0 Å². The summed E-state index contributed by atoms with van der Waals surface area (Å²) in [5.74, 6) is 1.51. The van der Waals surface area contributed by atoms with Crippen molar-refractivity contribution in [3.05, 3.63) is 47.5 Å². The number of aryl methyl sites for hydroxylation is 2. The number of benzene rings is 2. The van der Waals surface area contributed by atoms with Crippen molar-refractivity contribution in [2.45, 2.75) is 45.4 Å². The molecule has 0 aliphatic carbocycles. The van der Waals surface area contributed by atoms with Crippen LogP contribution in [0.15, 0.2) is 36.4 Å². The van der Waals surface area contributed by atoms with Crippen LogP contribution in [0.25, 0.3) is 22.2 Å². The largest absolute Gasteiger partial charge is 0.493 e. The SMILES string of the molecule is CCCCc1ccc2[nH]c(-c3cccc(OC)c3OC)c(CCCCN)c2c1. The summed E-state index contributed by atoms with van der Waals surface area (Å²) >= 11 is 0. The third-order valence-electron chi connectivity index (χ3n) is 5.34. The highest BCUT2D eigenvalue weighted by Gasteiger charge is 2.19. The van der Waals surface area contributed by atoms with E-state index < -0.39 is 0 Å². The van der Waals surface area contributed by atoms with Gasteiger partial charge in [-0.25, -0.2) is 0 Å². The Hall–Kier alpha value is -2.46. The second-order valence-corrected chi connectivity index (χ2v) is 7.25. The quantitative estimate of drug-likeness (QED) is 0.458. The number of H-pyrrole nitrogens is 1. The molecule has 4 nitrogen and oxygen atoms in total. The van der Waals surface area contributed by atoms with Crippen molar-refractivity contribution in [2.24, 2.45) is 5.73 Å². The number of nitrogens with one attached hydrogen (secondary N) is 1. The van der Waals surface area contributed by atoms with E-state index in [1.54, 1.807) is 14.2 Å². The molecule has 0 amide bonds. The van der Waals surface area contributed by atoms with Crippen LogP contribution in [-0.4, -0.2) is 25.7 Å². The van der Waals surface area contributed by atoms with Gasteiger partial charge in [0.25, 0.3) is 0 Å². The number of methoxy groups -OCH3 is 2. The molecule has 3 aromatic rings. The summed E-state index contributed by atoms with van der Waals surface area (Å²) in [7, 11) is 3.37. The maximum Gasteiger partial charge on any atom is 0.170 e. The van der Waals surface area contributed by atoms with E-state index in [4.69, 9.17) is 15.2 Å². The van der Waals surface area contributed by atoms with Crippen molar-refractivity contribution in [3.63, 3.8) is 0 Å². The molecule has 0 bridgehead atoms. The number of hydrogen-bond donors (Lipinski definition) is 2. The van der Waals surface area contributed by atoms with E-state index in [1.165, 1.54) is 34.9 Å². The van der Waals surface area contributed by atoms with Gasteiger partial charge in [0.1, 0.15) is 0 Å². The number of aromatic amines is 1. The molecular formula is C24H32N2O2. The second-order valence-electron chi connectivity index (χ2n) is 7.25. The van der Waals surface area contributed by atoms with E-state index in [9.17, 15) is 0 Å². The molecule has 0 aliphatic heterocycles. The van der Waals surface area contributed by atoms with Crippen LogP contribution in [0.2, 0.25) is 0 Å². The topological polar surface area (TPSA) is 60.3 Å². The Balaban J connectivity index is 2.14. The lowest BCUT2D eigenvalue weighted by molar-refractivity contribution is 0.356. The fourth-order valence-corrected chi connectivity index (χ4v) is 3.85. The lowest BCUT2D eigenvalue weighted by Crippen LogP contribution is -2.00. The maximum atomic E-state index is 5.75. The van der Waals surface area contributed by atoms with E-state index in [0.29, 0.717) is 0 Å². The number of nitrogens with two attached hydrogens (primary N) is 1. The Morgan fingerprint density at radius 2 is 1.82 bits per heavy atom. The third kappa shape index (κ3) is 4.17. The summed E-state index contributed by atoms with van der Waals surface area (Å²) in [5.41, 5.74) is 11.8. The number of hydrogen-bond acceptors (Lipinski definition) is 3. The van der Waals surface area contributed by atoms with Gasteiger partial charge in [0.05, 0.1) is 19.9 Å². The van der Waals surface area contributed by atoms with E-state index in [2.05, 4.69) is 36.2 Å². The number of aromatic nitrogens is 1. The molecule has 0 radical (unpaired) electrons. The van der Waals surface area contributed by atoms with Crippen molar-refractivity contribution >= 4 is 10.9 Å². The Morgan fingerprint density at radius 3 is 2.54 bits per heavy atom. The molecule has 28 heavy (non-hydrogen) atoms. The van der Waals surface area contributed by atoms with Gasteiger partial charge in [0.2, 0.25) is 0 Å². The summed E-state index contributed by atoms with van der Waals surface area (Å²) in [6.07, 6.45) is 6.64. The van der Waals surface area contributed by atoms with Crippen molar-refractivity contribution in [2.75, 3.05) is 20.8 Å². The molecule has 3 N–H and O–H groups in total. The van der Waals surface area contributed by atoms with Crippen molar-refractivity contribution in [3.8, 4) is 22.8 Å². The molecule has 0 saturated carbocycles. The summed E-state index contributed by atoms with van der Waals surface area (Å²) in [6.45, 7) is 2.96. The van der Waals surface area contributed by atoms with Crippen LogP contribution in [-0.2, 0) is 12.8 Å². The first-order valence-corrected chi connectivity index (χ1v) is 10.3. The lowest BCUT2D eigenvalue weighted by Gasteiger charge is -2.13. The van der Waals surface area contributed by atoms with Crippen LogP contribution in [0.4, 0.5) is 0 Å².